The highest BCUT2D eigenvalue weighted by Gasteiger charge is 2.22. The van der Waals surface area contributed by atoms with Crippen molar-refractivity contribution in [3.8, 4) is 6.07 Å². The van der Waals surface area contributed by atoms with Crippen molar-refractivity contribution in [1.82, 2.24) is 10.3 Å². The topological polar surface area (TPSA) is 109 Å². The number of fused-ring (bicyclic) bond motifs is 1. The molecule has 6 nitrogen and oxygen atoms in total. The van der Waals surface area contributed by atoms with Crippen molar-refractivity contribution < 1.29 is 9.59 Å². The van der Waals surface area contributed by atoms with Crippen LogP contribution in [0.25, 0.3) is 10.9 Å². The molecule has 112 valence electrons. The summed E-state index contributed by atoms with van der Waals surface area (Å²) in [6.45, 7) is 1.66. The van der Waals surface area contributed by atoms with Crippen LogP contribution in [0.1, 0.15) is 23.8 Å². The molecule has 2 rings (SSSR count). The Hall–Kier alpha value is -2.94. The average molecular weight is 296 g/mol. The molecule has 0 aliphatic rings. The van der Waals surface area contributed by atoms with Crippen LogP contribution >= 0.6 is 0 Å². The number of hydrogen-bond donors (Lipinski definition) is 2. The maximum atomic E-state index is 12.2. The van der Waals surface area contributed by atoms with Crippen molar-refractivity contribution in [3.05, 3.63) is 42.1 Å². The lowest BCUT2D eigenvalue weighted by Gasteiger charge is -2.16. The minimum absolute atomic E-state index is 0.172. The lowest BCUT2D eigenvalue weighted by atomic mass is 10.0. The summed E-state index contributed by atoms with van der Waals surface area (Å²) in [6.07, 6.45) is 0.172. The molecule has 2 atom stereocenters. The predicted octanol–water partition coefficient (Wildman–Crippen LogP) is 1.37. The first-order valence-corrected chi connectivity index (χ1v) is 6.87. The summed E-state index contributed by atoms with van der Waals surface area (Å²) in [4.78, 5) is 27.9. The quantitative estimate of drug-likeness (QED) is 0.868. The number of rotatable bonds is 5. The van der Waals surface area contributed by atoms with E-state index < -0.39 is 17.9 Å². The first-order chi connectivity index (χ1) is 10.5. The van der Waals surface area contributed by atoms with Crippen LogP contribution in [0.2, 0.25) is 0 Å². The van der Waals surface area contributed by atoms with E-state index in [1.54, 1.807) is 25.1 Å². The van der Waals surface area contributed by atoms with E-state index in [1.807, 2.05) is 24.3 Å². The normalized spacial score (nSPS) is 13.1. The number of carbonyl (C=O) groups excluding carboxylic acids is 2. The molecule has 2 aromatic rings. The molecule has 0 saturated carbocycles. The average Bonchev–Trinajstić information content (AvgIpc) is 2.53. The number of primary amides is 1. The Bertz CT molecular complexity index is 751. The molecule has 22 heavy (non-hydrogen) atoms. The van der Waals surface area contributed by atoms with Crippen molar-refractivity contribution >= 4 is 22.7 Å². The van der Waals surface area contributed by atoms with Gasteiger partial charge in [-0.1, -0.05) is 24.3 Å². The van der Waals surface area contributed by atoms with Gasteiger partial charge in [-0.3, -0.25) is 9.59 Å². The number of nitrogens with one attached hydrogen (secondary N) is 1. The van der Waals surface area contributed by atoms with E-state index in [9.17, 15) is 9.59 Å². The number of para-hydroxylation sites is 1. The zero-order valence-corrected chi connectivity index (χ0v) is 12.1. The number of amides is 2. The molecule has 0 spiro atoms. The molecule has 0 aliphatic carbocycles. The lowest BCUT2D eigenvalue weighted by molar-refractivity contribution is -0.120. The van der Waals surface area contributed by atoms with Gasteiger partial charge in [0.25, 0.3) is 5.91 Å². The van der Waals surface area contributed by atoms with Crippen LogP contribution in [0.5, 0.6) is 0 Å². The van der Waals surface area contributed by atoms with Crippen LogP contribution in [-0.4, -0.2) is 22.8 Å². The van der Waals surface area contributed by atoms with Crippen molar-refractivity contribution in [3.63, 3.8) is 0 Å². The van der Waals surface area contributed by atoms with Gasteiger partial charge in [0.1, 0.15) is 11.7 Å². The molecule has 6 heteroatoms. The molecule has 0 radical (unpaired) electrons. The van der Waals surface area contributed by atoms with Gasteiger partial charge in [-0.15, -0.1) is 0 Å². The van der Waals surface area contributed by atoms with Crippen LogP contribution < -0.4 is 11.1 Å². The summed E-state index contributed by atoms with van der Waals surface area (Å²) in [5.41, 5.74) is 6.17. The molecule has 3 N–H and O–H groups in total. The SMILES string of the molecule is C[C@H](C#N)C[C@@H](NC(=O)c1ccc2ccccc2n1)C(N)=O. The van der Waals surface area contributed by atoms with Gasteiger partial charge in [0.05, 0.1) is 11.6 Å². The molecule has 0 unspecified atom stereocenters. The number of nitrogens with two attached hydrogens (primary N) is 1. The van der Waals surface area contributed by atoms with Gasteiger partial charge in [-0.05, 0) is 25.5 Å². The van der Waals surface area contributed by atoms with Crippen molar-refractivity contribution in [1.29, 1.82) is 5.26 Å². The molecule has 2 amide bonds. The number of pyridine rings is 1. The Kier molecular flexibility index (Phi) is 4.69. The van der Waals surface area contributed by atoms with E-state index in [0.717, 1.165) is 5.39 Å². The molecule has 0 aliphatic heterocycles. The summed E-state index contributed by atoms with van der Waals surface area (Å²) < 4.78 is 0. The fourth-order valence-corrected chi connectivity index (χ4v) is 2.08. The molecule has 1 aromatic heterocycles. The molecule has 0 fully saturated rings. The van der Waals surface area contributed by atoms with Gasteiger partial charge >= 0.3 is 0 Å². The van der Waals surface area contributed by atoms with Crippen LogP contribution in [0.4, 0.5) is 0 Å². The minimum atomic E-state index is -0.893. The van der Waals surface area contributed by atoms with Gasteiger partial charge < -0.3 is 11.1 Å². The highest BCUT2D eigenvalue weighted by molar-refractivity contribution is 5.97. The van der Waals surface area contributed by atoms with Crippen LogP contribution in [-0.2, 0) is 4.79 Å². The maximum absolute atomic E-state index is 12.2. The van der Waals surface area contributed by atoms with Gasteiger partial charge in [-0.2, -0.15) is 5.26 Å². The largest absolute Gasteiger partial charge is 0.368 e. The molecule has 1 heterocycles. The third kappa shape index (κ3) is 3.58. The summed E-state index contributed by atoms with van der Waals surface area (Å²) in [5.74, 6) is -1.54. The van der Waals surface area contributed by atoms with Crippen LogP contribution in [0.15, 0.2) is 36.4 Å². The van der Waals surface area contributed by atoms with E-state index >= 15 is 0 Å². The van der Waals surface area contributed by atoms with Crippen LogP contribution in [0, 0.1) is 17.2 Å². The monoisotopic (exact) mass is 296 g/mol. The van der Waals surface area contributed by atoms with Gasteiger partial charge in [-0.25, -0.2) is 4.98 Å². The summed E-state index contributed by atoms with van der Waals surface area (Å²) in [7, 11) is 0. The molecule has 0 bridgehead atoms. The number of aromatic nitrogens is 1. The van der Waals surface area contributed by atoms with Crippen molar-refractivity contribution in [2.75, 3.05) is 0 Å². The summed E-state index contributed by atoms with van der Waals surface area (Å²) in [5, 5.41) is 12.3. The zero-order valence-electron chi connectivity index (χ0n) is 12.1. The van der Waals surface area contributed by atoms with Gasteiger partial charge in [0.15, 0.2) is 0 Å². The van der Waals surface area contributed by atoms with E-state index in [-0.39, 0.29) is 18.0 Å². The fourth-order valence-electron chi connectivity index (χ4n) is 2.08. The smallest absolute Gasteiger partial charge is 0.270 e. The highest BCUT2D eigenvalue weighted by Crippen LogP contribution is 2.12. The second kappa shape index (κ2) is 6.68. The standard InChI is InChI=1S/C16H16N4O2/c1-10(9-17)8-14(15(18)21)20-16(22)13-7-6-11-4-2-3-5-12(11)19-13/h2-7,10,14H,8H2,1H3,(H2,18,21)(H,20,22)/t10-,14+/m0/s1. The number of benzene rings is 1. The van der Waals surface area contributed by atoms with E-state index in [0.29, 0.717) is 5.52 Å². The highest BCUT2D eigenvalue weighted by atomic mass is 16.2. The fraction of sp³-hybridized carbons (Fsp3) is 0.250. The van der Waals surface area contributed by atoms with E-state index in [1.165, 1.54) is 0 Å². The minimum Gasteiger partial charge on any atom is -0.368 e. The van der Waals surface area contributed by atoms with E-state index in [4.69, 9.17) is 11.0 Å². The first-order valence-electron chi connectivity index (χ1n) is 6.87. The molecular weight excluding hydrogens is 280 g/mol. The van der Waals surface area contributed by atoms with E-state index in [2.05, 4.69) is 10.3 Å². The second-order valence-corrected chi connectivity index (χ2v) is 5.08. The van der Waals surface area contributed by atoms with Crippen molar-refractivity contribution in [2.24, 2.45) is 11.7 Å². The maximum Gasteiger partial charge on any atom is 0.270 e. The predicted molar refractivity (Wildman–Crippen MR) is 81.6 cm³/mol. The first kappa shape index (κ1) is 15.4. The third-order valence-electron chi connectivity index (χ3n) is 3.29. The van der Waals surface area contributed by atoms with Gasteiger partial charge in [0, 0.05) is 11.3 Å². The Morgan fingerprint density at radius 1 is 1.32 bits per heavy atom. The number of nitriles is 1. The molecule has 0 saturated heterocycles. The number of carbonyl (C=O) groups is 2. The van der Waals surface area contributed by atoms with Gasteiger partial charge in [0.2, 0.25) is 5.91 Å². The molecular formula is C16H16N4O2. The zero-order chi connectivity index (χ0) is 16.1. The summed E-state index contributed by atoms with van der Waals surface area (Å²) in [6, 6.07) is 11.9. The molecule has 1 aromatic carbocycles. The second-order valence-electron chi connectivity index (χ2n) is 5.08. The Labute approximate surface area is 127 Å². The number of hydrogen-bond acceptors (Lipinski definition) is 4. The summed E-state index contributed by atoms with van der Waals surface area (Å²) >= 11 is 0. The Morgan fingerprint density at radius 2 is 2.05 bits per heavy atom. The number of nitrogens with zero attached hydrogens (tertiary/aromatic N) is 2. The van der Waals surface area contributed by atoms with Crippen molar-refractivity contribution in [2.45, 2.75) is 19.4 Å². The Morgan fingerprint density at radius 3 is 2.73 bits per heavy atom. The Balaban J connectivity index is 2.18. The lowest BCUT2D eigenvalue weighted by Crippen LogP contribution is -2.45. The third-order valence-corrected chi connectivity index (χ3v) is 3.29. The van der Waals surface area contributed by atoms with Crippen LogP contribution in [0.3, 0.4) is 0 Å².